The Bertz CT molecular complexity index is 506. The van der Waals surface area contributed by atoms with Gasteiger partial charge in [0.25, 0.3) is 0 Å². The van der Waals surface area contributed by atoms with Crippen LogP contribution in [0.1, 0.15) is 46.1 Å². The highest BCUT2D eigenvalue weighted by molar-refractivity contribution is 6.62. The SMILES string of the molecule is COC(=O)[C@H](C)c1ccc(B2OC(C)(C)C(C)(C)O2)cc1. The van der Waals surface area contributed by atoms with E-state index in [1.807, 2.05) is 58.9 Å². The van der Waals surface area contributed by atoms with Crippen LogP contribution in [0.5, 0.6) is 0 Å². The topological polar surface area (TPSA) is 44.8 Å². The molecule has 0 unspecified atom stereocenters. The molecule has 0 saturated carbocycles. The second kappa shape index (κ2) is 5.46. The van der Waals surface area contributed by atoms with Gasteiger partial charge in [-0.3, -0.25) is 4.79 Å². The minimum absolute atomic E-state index is 0.238. The number of esters is 1. The molecule has 1 aliphatic rings. The number of carbonyl (C=O) groups is 1. The Balaban J connectivity index is 2.16. The summed E-state index contributed by atoms with van der Waals surface area (Å²) < 4.78 is 16.8. The minimum Gasteiger partial charge on any atom is -0.469 e. The van der Waals surface area contributed by atoms with Gasteiger partial charge in [0.1, 0.15) is 0 Å². The zero-order valence-electron chi connectivity index (χ0n) is 13.6. The zero-order valence-corrected chi connectivity index (χ0v) is 13.6. The fourth-order valence-electron chi connectivity index (χ4n) is 2.23. The van der Waals surface area contributed by atoms with Crippen molar-refractivity contribution in [2.75, 3.05) is 7.11 Å². The highest BCUT2D eigenvalue weighted by atomic mass is 16.7. The first-order valence-electron chi connectivity index (χ1n) is 7.21. The van der Waals surface area contributed by atoms with Gasteiger partial charge in [-0.15, -0.1) is 0 Å². The van der Waals surface area contributed by atoms with Crippen LogP contribution in [0.3, 0.4) is 0 Å². The highest BCUT2D eigenvalue weighted by Crippen LogP contribution is 2.36. The fourth-order valence-corrected chi connectivity index (χ4v) is 2.23. The van der Waals surface area contributed by atoms with E-state index < -0.39 is 0 Å². The predicted molar refractivity (Wildman–Crippen MR) is 82.6 cm³/mol. The Kier molecular flexibility index (Phi) is 4.18. The highest BCUT2D eigenvalue weighted by Gasteiger charge is 2.51. The van der Waals surface area contributed by atoms with E-state index in [9.17, 15) is 4.79 Å². The first kappa shape index (κ1) is 16.1. The Hall–Kier alpha value is -1.33. The summed E-state index contributed by atoms with van der Waals surface area (Å²) in [7, 11) is 1.02. The van der Waals surface area contributed by atoms with Gasteiger partial charge in [-0.1, -0.05) is 24.3 Å². The summed E-state index contributed by atoms with van der Waals surface area (Å²) in [6.07, 6.45) is 0. The molecule has 0 bridgehead atoms. The van der Waals surface area contributed by atoms with Gasteiger partial charge in [0.15, 0.2) is 0 Å². The maximum Gasteiger partial charge on any atom is 0.494 e. The van der Waals surface area contributed by atoms with Crippen LogP contribution in [-0.2, 0) is 18.8 Å². The van der Waals surface area contributed by atoms with E-state index in [0.717, 1.165) is 11.0 Å². The molecule has 1 saturated heterocycles. The lowest BCUT2D eigenvalue weighted by Crippen LogP contribution is -2.41. The number of rotatable bonds is 3. The first-order chi connectivity index (χ1) is 9.68. The third kappa shape index (κ3) is 2.99. The molecule has 4 nitrogen and oxygen atoms in total. The van der Waals surface area contributed by atoms with Gasteiger partial charge in [-0.2, -0.15) is 0 Å². The molecule has 1 aliphatic heterocycles. The molecule has 1 atom stereocenters. The van der Waals surface area contributed by atoms with E-state index in [4.69, 9.17) is 14.0 Å². The van der Waals surface area contributed by atoms with Gasteiger partial charge in [-0.05, 0) is 45.6 Å². The van der Waals surface area contributed by atoms with Crippen molar-refractivity contribution in [1.82, 2.24) is 0 Å². The molecule has 1 heterocycles. The van der Waals surface area contributed by atoms with Crippen molar-refractivity contribution in [1.29, 1.82) is 0 Å². The zero-order chi connectivity index (χ0) is 15.8. The van der Waals surface area contributed by atoms with Crippen LogP contribution in [0.2, 0.25) is 0 Å². The van der Waals surface area contributed by atoms with Crippen molar-refractivity contribution < 1.29 is 18.8 Å². The molecule has 0 spiro atoms. The van der Waals surface area contributed by atoms with E-state index in [2.05, 4.69) is 0 Å². The molecule has 0 aliphatic carbocycles. The van der Waals surface area contributed by atoms with Crippen LogP contribution < -0.4 is 5.46 Å². The van der Waals surface area contributed by atoms with E-state index in [1.54, 1.807) is 0 Å². The molecular formula is C16H23BO4. The number of benzene rings is 1. The van der Waals surface area contributed by atoms with Crippen molar-refractivity contribution in [3.8, 4) is 0 Å². The van der Waals surface area contributed by atoms with Gasteiger partial charge < -0.3 is 14.0 Å². The number of carbonyl (C=O) groups excluding carboxylic acids is 1. The third-order valence-corrected chi connectivity index (χ3v) is 4.52. The van der Waals surface area contributed by atoms with E-state index >= 15 is 0 Å². The van der Waals surface area contributed by atoms with Crippen LogP contribution in [0.4, 0.5) is 0 Å². The van der Waals surface area contributed by atoms with Gasteiger partial charge in [-0.25, -0.2) is 0 Å². The smallest absolute Gasteiger partial charge is 0.469 e. The summed E-state index contributed by atoms with van der Waals surface area (Å²) >= 11 is 0. The van der Waals surface area contributed by atoms with E-state index in [1.165, 1.54) is 7.11 Å². The van der Waals surface area contributed by atoms with Gasteiger partial charge >= 0.3 is 13.1 Å². The Morgan fingerprint density at radius 2 is 1.57 bits per heavy atom. The molecule has 0 amide bonds. The molecule has 0 N–H and O–H groups in total. The van der Waals surface area contributed by atoms with Crippen molar-refractivity contribution in [3.05, 3.63) is 29.8 Å². The first-order valence-corrected chi connectivity index (χ1v) is 7.21. The maximum atomic E-state index is 11.6. The molecule has 1 aromatic carbocycles. The quantitative estimate of drug-likeness (QED) is 0.633. The van der Waals surface area contributed by atoms with Gasteiger partial charge in [0.05, 0.1) is 24.2 Å². The lowest BCUT2D eigenvalue weighted by molar-refractivity contribution is -0.141. The minimum atomic E-state index is -0.377. The van der Waals surface area contributed by atoms with Crippen molar-refractivity contribution in [2.45, 2.75) is 51.7 Å². The lowest BCUT2D eigenvalue weighted by Gasteiger charge is -2.32. The standard InChI is InChI=1S/C16H23BO4/c1-11(14(18)19-6)12-7-9-13(10-8-12)17-20-15(2,3)16(4,5)21-17/h7-11H,1-6H3/t11-/m1/s1. The third-order valence-electron chi connectivity index (χ3n) is 4.52. The van der Waals surface area contributed by atoms with Crippen LogP contribution in [-0.4, -0.2) is 31.4 Å². The second-order valence-electron chi connectivity index (χ2n) is 6.50. The molecule has 0 radical (unpaired) electrons. The fraction of sp³-hybridized carbons (Fsp3) is 0.562. The second-order valence-corrected chi connectivity index (χ2v) is 6.50. The number of ether oxygens (including phenoxy) is 1. The molecule has 2 rings (SSSR count). The summed E-state index contributed by atoms with van der Waals surface area (Å²) in [6, 6.07) is 7.72. The summed E-state index contributed by atoms with van der Waals surface area (Å²) in [6.45, 7) is 9.94. The molecule has 1 fully saturated rings. The summed E-state index contributed by atoms with van der Waals surface area (Å²) in [4.78, 5) is 11.6. The molecule has 5 heteroatoms. The van der Waals surface area contributed by atoms with E-state index in [-0.39, 0.29) is 30.2 Å². The summed E-state index contributed by atoms with van der Waals surface area (Å²) in [5, 5.41) is 0. The van der Waals surface area contributed by atoms with Gasteiger partial charge in [0.2, 0.25) is 0 Å². The predicted octanol–water partition coefficient (Wildman–Crippen LogP) is 2.26. The average molecular weight is 290 g/mol. The van der Waals surface area contributed by atoms with Gasteiger partial charge in [0, 0.05) is 0 Å². The number of hydrogen-bond donors (Lipinski definition) is 0. The normalized spacial score (nSPS) is 21.1. The Morgan fingerprint density at radius 3 is 2.00 bits per heavy atom. The van der Waals surface area contributed by atoms with Crippen LogP contribution >= 0.6 is 0 Å². The van der Waals surface area contributed by atoms with Crippen LogP contribution in [0, 0.1) is 0 Å². The number of hydrogen-bond acceptors (Lipinski definition) is 4. The summed E-state index contributed by atoms with van der Waals surface area (Å²) in [5.74, 6) is -0.513. The Labute approximate surface area is 126 Å². The molecular weight excluding hydrogens is 267 g/mol. The number of methoxy groups -OCH3 is 1. The molecule has 21 heavy (non-hydrogen) atoms. The summed E-state index contributed by atoms with van der Waals surface area (Å²) in [5.41, 5.74) is 1.17. The molecule has 1 aromatic rings. The maximum absolute atomic E-state index is 11.6. The van der Waals surface area contributed by atoms with Crippen LogP contribution in [0.15, 0.2) is 24.3 Å². The van der Waals surface area contributed by atoms with Crippen molar-refractivity contribution in [3.63, 3.8) is 0 Å². The largest absolute Gasteiger partial charge is 0.494 e. The van der Waals surface area contributed by atoms with E-state index in [0.29, 0.717) is 0 Å². The lowest BCUT2D eigenvalue weighted by atomic mass is 9.78. The molecule has 114 valence electrons. The van der Waals surface area contributed by atoms with Crippen LogP contribution in [0.25, 0.3) is 0 Å². The van der Waals surface area contributed by atoms with Crippen molar-refractivity contribution >= 4 is 18.6 Å². The van der Waals surface area contributed by atoms with Crippen molar-refractivity contribution in [2.24, 2.45) is 0 Å². The monoisotopic (exact) mass is 290 g/mol. The Morgan fingerprint density at radius 1 is 1.10 bits per heavy atom. The average Bonchev–Trinajstić information content (AvgIpc) is 2.66. The molecule has 0 aromatic heterocycles.